The summed E-state index contributed by atoms with van der Waals surface area (Å²) in [7, 11) is 3.38. The molecular weight excluding hydrogens is 456 g/mol. The van der Waals surface area contributed by atoms with E-state index in [1.54, 1.807) is 42.3 Å². The minimum absolute atomic E-state index is 0.242. The molecule has 4 rings (SSSR count). The van der Waals surface area contributed by atoms with Gasteiger partial charge < -0.3 is 24.8 Å². The number of benzene rings is 2. The van der Waals surface area contributed by atoms with Crippen LogP contribution in [0.3, 0.4) is 0 Å². The zero-order valence-electron chi connectivity index (χ0n) is 19.3. The van der Waals surface area contributed by atoms with E-state index in [1.807, 2.05) is 25.2 Å². The average Bonchev–Trinajstić information content (AvgIpc) is 3.20. The van der Waals surface area contributed by atoms with Crippen molar-refractivity contribution < 1.29 is 19.0 Å². The van der Waals surface area contributed by atoms with Gasteiger partial charge in [-0.05, 0) is 49.2 Å². The van der Waals surface area contributed by atoms with Gasteiger partial charge in [0.05, 0.1) is 30.6 Å². The number of rotatable bonds is 9. The Bertz CT molecular complexity index is 1110. The van der Waals surface area contributed by atoms with Crippen LogP contribution in [0.15, 0.2) is 48.7 Å². The number of amides is 1. The molecule has 0 aliphatic carbocycles. The number of carbonyl (C=O) groups excluding carboxylic acids is 1. The highest BCUT2D eigenvalue weighted by molar-refractivity contribution is 6.33. The number of aromatic nitrogens is 2. The lowest BCUT2D eigenvalue weighted by Gasteiger charge is -2.23. The summed E-state index contributed by atoms with van der Waals surface area (Å²) in [5.74, 6) is 1.03. The molecule has 180 valence electrons. The highest BCUT2D eigenvalue weighted by Crippen LogP contribution is 2.36. The number of hydrogen-bond acceptors (Lipinski definition) is 6. The van der Waals surface area contributed by atoms with Gasteiger partial charge in [0.2, 0.25) is 0 Å². The van der Waals surface area contributed by atoms with Crippen molar-refractivity contribution in [3.63, 3.8) is 0 Å². The molecule has 1 aliphatic rings. The molecule has 0 spiro atoms. The van der Waals surface area contributed by atoms with Crippen LogP contribution in [0.25, 0.3) is 11.3 Å². The maximum Gasteiger partial charge on any atom is 0.255 e. The van der Waals surface area contributed by atoms with E-state index in [9.17, 15) is 4.79 Å². The highest BCUT2D eigenvalue weighted by Gasteiger charge is 2.18. The van der Waals surface area contributed by atoms with E-state index in [2.05, 4.69) is 15.7 Å². The summed E-state index contributed by atoms with van der Waals surface area (Å²) in [6.45, 7) is 2.75. The molecule has 2 aromatic carbocycles. The molecule has 3 aromatic rings. The molecule has 1 aromatic heterocycles. The molecular formula is C25H29ClN4O4. The quantitative estimate of drug-likeness (QED) is 0.444. The minimum atomic E-state index is -0.242. The van der Waals surface area contributed by atoms with E-state index in [-0.39, 0.29) is 5.91 Å². The van der Waals surface area contributed by atoms with Gasteiger partial charge in [-0.25, -0.2) is 0 Å². The van der Waals surface area contributed by atoms with Crippen LogP contribution in [-0.2, 0) is 11.8 Å². The number of halogens is 1. The van der Waals surface area contributed by atoms with Crippen molar-refractivity contribution in [2.45, 2.75) is 18.9 Å². The van der Waals surface area contributed by atoms with Gasteiger partial charge in [-0.1, -0.05) is 17.7 Å². The number of anilines is 1. The average molecular weight is 485 g/mol. The Morgan fingerprint density at radius 1 is 1.29 bits per heavy atom. The summed E-state index contributed by atoms with van der Waals surface area (Å²) >= 11 is 6.44. The Balaban J connectivity index is 1.50. The smallest absolute Gasteiger partial charge is 0.255 e. The molecule has 9 heteroatoms. The highest BCUT2D eigenvalue weighted by atomic mass is 35.5. The monoisotopic (exact) mass is 484 g/mol. The first-order chi connectivity index (χ1) is 16.5. The van der Waals surface area contributed by atoms with E-state index in [1.165, 1.54) is 0 Å². The maximum atomic E-state index is 12.8. The Morgan fingerprint density at radius 2 is 2.18 bits per heavy atom. The number of carbonyl (C=O) groups is 1. The first-order valence-corrected chi connectivity index (χ1v) is 11.6. The molecule has 1 fully saturated rings. The Labute approximate surface area is 204 Å². The summed E-state index contributed by atoms with van der Waals surface area (Å²) in [5, 5.41) is 11.2. The summed E-state index contributed by atoms with van der Waals surface area (Å²) in [4.78, 5) is 12.8. The van der Waals surface area contributed by atoms with Gasteiger partial charge in [-0.15, -0.1) is 0 Å². The summed E-state index contributed by atoms with van der Waals surface area (Å²) in [6.07, 6.45) is 3.77. The fraction of sp³-hybridized carbons (Fsp3) is 0.360. The van der Waals surface area contributed by atoms with E-state index >= 15 is 0 Å². The Kier molecular flexibility index (Phi) is 8.05. The van der Waals surface area contributed by atoms with Crippen LogP contribution in [-0.4, -0.2) is 55.2 Å². The fourth-order valence-corrected chi connectivity index (χ4v) is 4.19. The van der Waals surface area contributed by atoms with Gasteiger partial charge >= 0.3 is 0 Å². The van der Waals surface area contributed by atoms with Gasteiger partial charge in [-0.2, -0.15) is 5.10 Å². The zero-order chi connectivity index (χ0) is 23.9. The molecule has 34 heavy (non-hydrogen) atoms. The van der Waals surface area contributed by atoms with Crippen molar-refractivity contribution in [2.75, 3.05) is 38.8 Å². The van der Waals surface area contributed by atoms with Gasteiger partial charge in [0.25, 0.3) is 5.91 Å². The summed E-state index contributed by atoms with van der Waals surface area (Å²) in [6, 6.07) is 12.8. The maximum absolute atomic E-state index is 12.8. The second-order valence-electron chi connectivity index (χ2n) is 8.08. The topological polar surface area (TPSA) is 86.6 Å². The van der Waals surface area contributed by atoms with Crippen molar-refractivity contribution in [3.8, 4) is 22.8 Å². The van der Waals surface area contributed by atoms with Crippen LogP contribution in [0, 0.1) is 0 Å². The number of aryl methyl sites for hydroxylation is 1. The molecule has 8 nitrogen and oxygen atoms in total. The predicted octanol–water partition coefficient (Wildman–Crippen LogP) is 4.15. The largest absolute Gasteiger partial charge is 0.497 e. The molecule has 1 unspecified atom stereocenters. The standard InChI is InChI=1S/C25H29ClN4O4/c1-30-24(22(26)15-28-30)21-14-18(29-25(31)17-5-3-7-20(13-17)32-2)8-9-23(21)34-12-10-27-19-6-4-11-33-16-19/h3,5,7-9,13-15,19,27H,4,6,10-12,16H2,1-2H3,(H,29,31). The van der Waals surface area contributed by atoms with Crippen LogP contribution in [0.5, 0.6) is 11.5 Å². The van der Waals surface area contributed by atoms with Gasteiger partial charge in [0, 0.05) is 43.1 Å². The Hall–Kier alpha value is -3.07. The van der Waals surface area contributed by atoms with E-state index in [0.29, 0.717) is 52.7 Å². The molecule has 0 radical (unpaired) electrons. The first kappa shape index (κ1) is 24.1. The van der Waals surface area contributed by atoms with Crippen LogP contribution in [0.2, 0.25) is 5.02 Å². The van der Waals surface area contributed by atoms with Gasteiger partial charge in [0.1, 0.15) is 18.1 Å². The number of nitrogens with zero attached hydrogens (tertiary/aromatic N) is 2. The van der Waals surface area contributed by atoms with Crippen LogP contribution in [0.4, 0.5) is 5.69 Å². The van der Waals surface area contributed by atoms with Crippen molar-refractivity contribution in [1.82, 2.24) is 15.1 Å². The van der Waals surface area contributed by atoms with Crippen LogP contribution in [0.1, 0.15) is 23.2 Å². The third-order valence-electron chi connectivity index (χ3n) is 5.67. The molecule has 1 saturated heterocycles. The van der Waals surface area contributed by atoms with Crippen molar-refractivity contribution >= 4 is 23.2 Å². The lowest BCUT2D eigenvalue weighted by Crippen LogP contribution is -2.38. The molecule has 0 saturated carbocycles. The van der Waals surface area contributed by atoms with Crippen molar-refractivity contribution in [2.24, 2.45) is 7.05 Å². The van der Waals surface area contributed by atoms with Crippen molar-refractivity contribution in [1.29, 1.82) is 0 Å². The molecule has 2 N–H and O–H groups in total. The van der Waals surface area contributed by atoms with E-state index < -0.39 is 0 Å². The van der Waals surface area contributed by atoms with Crippen LogP contribution >= 0.6 is 11.6 Å². The van der Waals surface area contributed by atoms with Gasteiger partial charge in [0.15, 0.2) is 0 Å². The van der Waals surface area contributed by atoms with Crippen LogP contribution < -0.4 is 20.1 Å². The summed E-state index contributed by atoms with van der Waals surface area (Å²) < 4.78 is 18.5. The SMILES string of the molecule is COc1cccc(C(=O)Nc2ccc(OCCNC3CCCOC3)c(-c3c(Cl)cnn3C)c2)c1. The Morgan fingerprint density at radius 3 is 2.91 bits per heavy atom. The number of methoxy groups -OCH3 is 1. The van der Waals surface area contributed by atoms with Crippen molar-refractivity contribution in [3.05, 3.63) is 59.2 Å². The minimum Gasteiger partial charge on any atom is -0.497 e. The number of ether oxygens (including phenoxy) is 3. The second kappa shape index (κ2) is 11.4. The predicted molar refractivity (Wildman–Crippen MR) is 132 cm³/mol. The van der Waals surface area contributed by atoms with Gasteiger partial charge in [-0.3, -0.25) is 9.48 Å². The van der Waals surface area contributed by atoms with E-state index in [0.717, 1.165) is 31.6 Å². The first-order valence-electron chi connectivity index (χ1n) is 11.3. The molecule has 1 atom stereocenters. The molecule has 2 heterocycles. The lowest BCUT2D eigenvalue weighted by atomic mass is 10.1. The molecule has 0 bridgehead atoms. The second-order valence-corrected chi connectivity index (χ2v) is 8.49. The number of nitrogens with one attached hydrogen (secondary N) is 2. The molecule has 1 amide bonds. The normalized spacial score (nSPS) is 15.7. The fourth-order valence-electron chi connectivity index (χ4n) is 3.93. The number of hydrogen-bond donors (Lipinski definition) is 2. The summed E-state index contributed by atoms with van der Waals surface area (Å²) in [5.41, 5.74) is 2.57. The molecule has 1 aliphatic heterocycles. The van der Waals surface area contributed by atoms with E-state index in [4.69, 9.17) is 25.8 Å². The lowest BCUT2D eigenvalue weighted by molar-refractivity contribution is 0.0693. The third-order valence-corrected chi connectivity index (χ3v) is 5.95. The zero-order valence-corrected chi connectivity index (χ0v) is 20.1. The third kappa shape index (κ3) is 5.88.